The van der Waals surface area contributed by atoms with Crippen molar-refractivity contribution in [3.63, 3.8) is 0 Å². The highest BCUT2D eigenvalue weighted by atomic mass is 32.2. The number of carbonyl (C=O) groups excluding carboxylic acids is 1. The number of hydrogen-bond acceptors (Lipinski definition) is 5. The maximum Gasteiger partial charge on any atom is 0.255 e. The number of amides is 1. The molecular formula is C12H14N2O4S2. The van der Waals surface area contributed by atoms with E-state index in [1.807, 2.05) is 0 Å². The Balaban J connectivity index is 2.02. The minimum absolute atomic E-state index is 0.226. The molecule has 0 atom stereocenters. The van der Waals surface area contributed by atoms with Gasteiger partial charge in [-0.05, 0) is 32.2 Å². The van der Waals surface area contributed by atoms with Crippen molar-refractivity contribution in [2.45, 2.75) is 17.7 Å². The number of sulfonamides is 1. The van der Waals surface area contributed by atoms with Crippen LogP contribution in [-0.4, -0.2) is 21.4 Å². The van der Waals surface area contributed by atoms with Gasteiger partial charge in [0, 0.05) is 4.88 Å². The van der Waals surface area contributed by atoms with Gasteiger partial charge in [-0.2, -0.15) is 0 Å². The van der Waals surface area contributed by atoms with Crippen LogP contribution in [-0.2, 0) is 16.6 Å². The fourth-order valence-corrected chi connectivity index (χ4v) is 3.71. The zero-order valence-electron chi connectivity index (χ0n) is 11.0. The number of thiophene rings is 1. The number of hydrogen-bond donors (Lipinski definition) is 2. The molecule has 0 saturated heterocycles. The summed E-state index contributed by atoms with van der Waals surface area (Å²) in [5, 5.41) is 2.72. The normalized spacial score (nSPS) is 11.5. The molecule has 0 aliphatic carbocycles. The molecule has 2 aromatic rings. The molecule has 6 nitrogen and oxygen atoms in total. The lowest BCUT2D eigenvalue weighted by Gasteiger charge is -2.02. The quantitative estimate of drug-likeness (QED) is 0.875. The smallest absolute Gasteiger partial charge is 0.255 e. The third kappa shape index (κ3) is 3.09. The zero-order valence-corrected chi connectivity index (χ0v) is 12.6. The van der Waals surface area contributed by atoms with Gasteiger partial charge in [-0.3, -0.25) is 4.79 Å². The van der Waals surface area contributed by atoms with Crippen LogP contribution >= 0.6 is 11.3 Å². The van der Waals surface area contributed by atoms with E-state index in [0.717, 1.165) is 16.2 Å². The van der Waals surface area contributed by atoms with Crippen LogP contribution in [0.3, 0.4) is 0 Å². The number of nitrogens with one attached hydrogen (secondary N) is 2. The molecule has 8 heteroatoms. The molecule has 0 unspecified atom stereocenters. The summed E-state index contributed by atoms with van der Waals surface area (Å²) in [4.78, 5) is 12.6. The molecule has 2 N–H and O–H groups in total. The van der Waals surface area contributed by atoms with Crippen LogP contribution in [0.1, 0.15) is 21.0 Å². The summed E-state index contributed by atoms with van der Waals surface area (Å²) >= 11 is 1.12. The molecule has 2 rings (SSSR count). The van der Waals surface area contributed by atoms with E-state index >= 15 is 0 Å². The first-order valence-electron chi connectivity index (χ1n) is 5.78. The van der Waals surface area contributed by atoms with Gasteiger partial charge < -0.3 is 9.73 Å². The maximum atomic E-state index is 11.9. The molecule has 2 aromatic heterocycles. The summed E-state index contributed by atoms with van der Waals surface area (Å²) in [5.74, 6) is 0.301. The van der Waals surface area contributed by atoms with Gasteiger partial charge in [-0.15, -0.1) is 11.3 Å². The van der Waals surface area contributed by atoms with Crippen molar-refractivity contribution in [1.82, 2.24) is 10.0 Å². The monoisotopic (exact) mass is 314 g/mol. The Morgan fingerprint density at radius 2 is 2.10 bits per heavy atom. The second-order valence-corrected chi connectivity index (χ2v) is 7.28. The maximum absolute atomic E-state index is 11.9. The Kier molecular flexibility index (Phi) is 4.26. The lowest BCUT2D eigenvalue weighted by atomic mass is 10.2. The molecule has 0 aromatic carbocycles. The number of aryl methyl sites for hydroxylation is 1. The average molecular weight is 314 g/mol. The largest absolute Gasteiger partial charge is 0.469 e. The lowest BCUT2D eigenvalue weighted by Crippen LogP contribution is -2.22. The van der Waals surface area contributed by atoms with Gasteiger partial charge in [0.1, 0.15) is 9.97 Å². The van der Waals surface area contributed by atoms with E-state index in [0.29, 0.717) is 11.3 Å². The van der Waals surface area contributed by atoms with Crippen LogP contribution in [0.15, 0.2) is 33.1 Å². The molecular weight excluding hydrogens is 300 g/mol. The Hall–Kier alpha value is -1.64. The van der Waals surface area contributed by atoms with Crippen molar-refractivity contribution >= 4 is 27.3 Å². The Morgan fingerprint density at radius 3 is 2.70 bits per heavy atom. The standard InChI is InChI=1S/C12H14N2O4S2/c1-8-10(5-6-18-8)12(15)14-7-9-3-4-11(19-9)20(16,17)13-2/h3-6,13H,7H2,1-2H3,(H,14,15). The predicted molar refractivity (Wildman–Crippen MR) is 75.2 cm³/mol. The minimum Gasteiger partial charge on any atom is -0.469 e. The molecule has 0 saturated carbocycles. The van der Waals surface area contributed by atoms with E-state index in [-0.39, 0.29) is 16.7 Å². The second kappa shape index (κ2) is 5.78. The Bertz CT molecular complexity index is 715. The predicted octanol–water partition coefficient (Wildman–Crippen LogP) is 1.49. The topological polar surface area (TPSA) is 88.4 Å². The van der Waals surface area contributed by atoms with E-state index in [4.69, 9.17) is 4.42 Å². The van der Waals surface area contributed by atoms with Crippen LogP contribution in [0.25, 0.3) is 0 Å². The molecule has 0 aliphatic heterocycles. The average Bonchev–Trinajstić information content (AvgIpc) is 3.05. The number of rotatable bonds is 5. The van der Waals surface area contributed by atoms with Crippen LogP contribution in [0.5, 0.6) is 0 Å². The van der Waals surface area contributed by atoms with Gasteiger partial charge in [-0.1, -0.05) is 0 Å². The zero-order chi connectivity index (χ0) is 14.8. The van der Waals surface area contributed by atoms with Gasteiger partial charge in [0.25, 0.3) is 5.91 Å². The molecule has 0 bridgehead atoms. The number of carbonyl (C=O) groups is 1. The fraction of sp³-hybridized carbons (Fsp3) is 0.250. The molecule has 20 heavy (non-hydrogen) atoms. The van der Waals surface area contributed by atoms with E-state index in [9.17, 15) is 13.2 Å². The highest BCUT2D eigenvalue weighted by Gasteiger charge is 2.15. The SMILES string of the molecule is CNS(=O)(=O)c1ccc(CNC(=O)c2ccoc2C)s1. The van der Waals surface area contributed by atoms with Crippen molar-refractivity contribution in [2.24, 2.45) is 0 Å². The fourth-order valence-electron chi connectivity index (χ4n) is 1.58. The summed E-state index contributed by atoms with van der Waals surface area (Å²) in [7, 11) is -2.07. The van der Waals surface area contributed by atoms with Crippen molar-refractivity contribution in [1.29, 1.82) is 0 Å². The van der Waals surface area contributed by atoms with Crippen molar-refractivity contribution in [3.8, 4) is 0 Å². The second-order valence-electron chi connectivity index (χ2n) is 4.00. The summed E-state index contributed by atoms with van der Waals surface area (Å²) in [6, 6.07) is 4.79. The summed E-state index contributed by atoms with van der Waals surface area (Å²) in [6.45, 7) is 1.98. The first-order valence-corrected chi connectivity index (χ1v) is 8.08. The third-order valence-electron chi connectivity index (χ3n) is 2.70. The molecule has 0 fully saturated rings. The van der Waals surface area contributed by atoms with Gasteiger partial charge >= 0.3 is 0 Å². The highest BCUT2D eigenvalue weighted by molar-refractivity contribution is 7.91. The van der Waals surface area contributed by atoms with Crippen molar-refractivity contribution in [3.05, 3.63) is 40.7 Å². The summed E-state index contributed by atoms with van der Waals surface area (Å²) in [6.07, 6.45) is 1.45. The first kappa shape index (κ1) is 14.8. The number of furan rings is 1. The Morgan fingerprint density at radius 1 is 1.35 bits per heavy atom. The third-order valence-corrected chi connectivity index (χ3v) is 5.69. The van der Waals surface area contributed by atoms with E-state index in [2.05, 4.69) is 10.0 Å². The molecule has 2 heterocycles. The summed E-state index contributed by atoms with van der Waals surface area (Å²) in [5.41, 5.74) is 0.477. The minimum atomic E-state index is -3.43. The van der Waals surface area contributed by atoms with Gasteiger partial charge in [0.15, 0.2) is 0 Å². The summed E-state index contributed by atoms with van der Waals surface area (Å²) < 4.78 is 30.7. The first-order chi connectivity index (χ1) is 9.44. The van der Waals surface area contributed by atoms with Crippen LogP contribution in [0, 0.1) is 6.92 Å². The van der Waals surface area contributed by atoms with Crippen LogP contribution in [0.4, 0.5) is 0 Å². The molecule has 0 spiro atoms. The van der Waals surface area contributed by atoms with E-state index in [1.165, 1.54) is 19.4 Å². The highest BCUT2D eigenvalue weighted by Crippen LogP contribution is 2.21. The lowest BCUT2D eigenvalue weighted by molar-refractivity contribution is 0.0950. The molecule has 1 amide bonds. The van der Waals surface area contributed by atoms with E-state index in [1.54, 1.807) is 19.1 Å². The molecule has 108 valence electrons. The van der Waals surface area contributed by atoms with E-state index < -0.39 is 10.0 Å². The Labute approximate surface area is 120 Å². The van der Waals surface area contributed by atoms with Crippen LogP contribution < -0.4 is 10.0 Å². The van der Waals surface area contributed by atoms with Crippen LogP contribution in [0.2, 0.25) is 0 Å². The molecule has 0 aliphatic rings. The van der Waals surface area contributed by atoms with Gasteiger partial charge in [0.05, 0.1) is 18.4 Å². The van der Waals surface area contributed by atoms with Crippen molar-refractivity contribution in [2.75, 3.05) is 7.05 Å². The van der Waals surface area contributed by atoms with Gasteiger partial charge in [-0.25, -0.2) is 13.1 Å². The van der Waals surface area contributed by atoms with Crippen molar-refractivity contribution < 1.29 is 17.6 Å². The molecule has 0 radical (unpaired) electrons. The van der Waals surface area contributed by atoms with Gasteiger partial charge in [0.2, 0.25) is 10.0 Å².